The van der Waals surface area contributed by atoms with Gasteiger partial charge in [0.1, 0.15) is 12.1 Å². The van der Waals surface area contributed by atoms with Crippen molar-refractivity contribution in [3.63, 3.8) is 0 Å². The molecule has 4 rings (SSSR count). The van der Waals surface area contributed by atoms with E-state index in [1.807, 2.05) is 42.4 Å². The number of carbonyl (C=O) groups is 1. The zero-order valence-electron chi connectivity index (χ0n) is 13.1. The van der Waals surface area contributed by atoms with Gasteiger partial charge >= 0.3 is 0 Å². The van der Waals surface area contributed by atoms with Gasteiger partial charge in [0.15, 0.2) is 0 Å². The molecule has 1 amide bonds. The SMILES string of the molecule is C#CC(=O)Nc1ccc2ncnc(Nc3ccc4[nH]ccc4c3)c2c1. The van der Waals surface area contributed by atoms with E-state index >= 15 is 0 Å². The fourth-order valence-corrected chi connectivity index (χ4v) is 2.67. The smallest absolute Gasteiger partial charge is 0.300 e. The summed E-state index contributed by atoms with van der Waals surface area (Å²) in [6, 6.07) is 13.4. The summed E-state index contributed by atoms with van der Waals surface area (Å²) in [5.74, 6) is 2.18. The Kier molecular flexibility index (Phi) is 3.52. The molecule has 2 heterocycles. The highest BCUT2D eigenvalue weighted by Crippen LogP contribution is 2.27. The van der Waals surface area contributed by atoms with Crippen LogP contribution in [-0.4, -0.2) is 20.9 Å². The Hall–Kier alpha value is -3.85. The fraction of sp³-hybridized carbons (Fsp3) is 0. The summed E-state index contributed by atoms with van der Waals surface area (Å²) in [6.07, 6.45) is 8.50. The van der Waals surface area contributed by atoms with Gasteiger partial charge in [0.05, 0.1) is 5.52 Å². The summed E-state index contributed by atoms with van der Waals surface area (Å²) in [7, 11) is 0. The molecule has 0 spiro atoms. The third-order valence-electron chi connectivity index (χ3n) is 3.84. The van der Waals surface area contributed by atoms with E-state index in [4.69, 9.17) is 6.42 Å². The first kappa shape index (κ1) is 14.7. The zero-order chi connectivity index (χ0) is 17.2. The number of rotatable bonds is 3. The second-order valence-electron chi connectivity index (χ2n) is 5.46. The molecule has 0 saturated carbocycles. The van der Waals surface area contributed by atoms with Crippen LogP contribution in [-0.2, 0) is 4.79 Å². The third kappa shape index (κ3) is 2.86. The molecular formula is C19H13N5O. The van der Waals surface area contributed by atoms with Crippen LogP contribution in [0.2, 0.25) is 0 Å². The van der Waals surface area contributed by atoms with Crippen molar-refractivity contribution in [1.29, 1.82) is 0 Å². The number of terminal acetylenes is 1. The number of H-pyrrole nitrogens is 1. The van der Waals surface area contributed by atoms with Crippen LogP contribution in [0, 0.1) is 12.3 Å². The van der Waals surface area contributed by atoms with E-state index in [1.54, 1.807) is 12.1 Å². The number of aromatic amines is 1. The minimum atomic E-state index is -0.497. The number of benzene rings is 2. The van der Waals surface area contributed by atoms with E-state index < -0.39 is 5.91 Å². The Morgan fingerprint density at radius 2 is 1.96 bits per heavy atom. The van der Waals surface area contributed by atoms with Crippen molar-refractivity contribution in [3.05, 3.63) is 55.0 Å². The lowest BCUT2D eigenvalue weighted by Gasteiger charge is -2.10. The summed E-state index contributed by atoms with van der Waals surface area (Å²) in [5, 5.41) is 7.82. The molecule has 0 aliphatic heterocycles. The van der Waals surface area contributed by atoms with Crippen LogP contribution < -0.4 is 10.6 Å². The van der Waals surface area contributed by atoms with Crippen molar-refractivity contribution >= 4 is 44.9 Å². The van der Waals surface area contributed by atoms with E-state index in [1.165, 1.54) is 6.33 Å². The van der Waals surface area contributed by atoms with Crippen LogP contribution in [0.25, 0.3) is 21.8 Å². The number of carbonyl (C=O) groups excluding carboxylic acids is 1. The zero-order valence-corrected chi connectivity index (χ0v) is 13.1. The molecule has 2 aromatic carbocycles. The Morgan fingerprint density at radius 1 is 1.08 bits per heavy atom. The molecule has 0 aliphatic rings. The van der Waals surface area contributed by atoms with Gasteiger partial charge in [0.25, 0.3) is 5.91 Å². The van der Waals surface area contributed by atoms with Gasteiger partial charge in [-0.15, -0.1) is 6.42 Å². The molecule has 3 N–H and O–H groups in total. The van der Waals surface area contributed by atoms with Gasteiger partial charge in [-0.2, -0.15) is 0 Å². The summed E-state index contributed by atoms with van der Waals surface area (Å²) < 4.78 is 0. The van der Waals surface area contributed by atoms with Gasteiger partial charge in [0, 0.05) is 33.9 Å². The average Bonchev–Trinajstić information content (AvgIpc) is 3.10. The number of hydrogen-bond acceptors (Lipinski definition) is 4. The molecule has 0 bridgehead atoms. The summed E-state index contributed by atoms with van der Waals surface area (Å²) >= 11 is 0. The minimum absolute atomic E-state index is 0.497. The van der Waals surface area contributed by atoms with E-state index in [0.717, 1.165) is 27.5 Å². The minimum Gasteiger partial charge on any atom is -0.361 e. The predicted molar refractivity (Wildman–Crippen MR) is 98.6 cm³/mol. The number of nitrogens with zero attached hydrogens (tertiary/aromatic N) is 2. The topological polar surface area (TPSA) is 82.7 Å². The average molecular weight is 327 g/mol. The molecule has 2 aromatic heterocycles. The first-order valence-electron chi connectivity index (χ1n) is 7.59. The summed E-state index contributed by atoms with van der Waals surface area (Å²) in [6.45, 7) is 0. The molecule has 0 radical (unpaired) electrons. The van der Waals surface area contributed by atoms with Crippen molar-refractivity contribution in [3.8, 4) is 12.3 Å². The molecule has 6 heteroatoms. The summed E-state index contributed by atoms with van der Waals surface area (Å²) in [4.78, 5) is 23.1. The van der Waals surface area contributed by atoms with Crippen molar-refractivity contribution in [2.45, 2.75) is 0 Å². The monoisotopic (exact) mass is 327 g/mol. The number of amides is 1. The predicted octanol–water partition coefficient (Wildman–Crippen LogP) is 3.43. The van der Waals surface area contributed by atoms with E-state index in [-0.39, 0.29) is 0 Å². The first-order chi connectivity index (χ1) is 12.2. The van der Waals surface area contributed by atoms with E-state index in [2.05, 4.69) is 25.6 Å². The van der Waals surface area contributed by atoms with Gasteiger partial charge in [-0.05, 0) is 48.4 Å². The Morgan fingerprint density at radius 3 is 2.84 bits per heavy atom. The molecule has 0 atom stereocenters. The number of hydrogen-bond donors (Lipinski definition) is 3. The molecule has 0 aliphatic carbocycles. The largest absolute Gasteiger partial charge is 0.361 e. The number of anilines is 3. The second-order valence-corrected chi connectivity index (χ2v) is 5.46. The van der Waals surface area contributed by atoms with Crippen LogP contribution in [0.3, 0.4) is 0 Å². The highest BCUT2D eigenvalue weighted by Gasteiger charge is 2.07. The maximum Gasteiger partial charge on any atom is 0.300 e. The Labute approximate surface area is 143 Å². The van der Waals surface area contributed by atoms with Crippen molar-refractivity contribution in [1.82, 2.24) is 15.0 Å². The van der Waals surface area contributed by atoms with Gasteiger partial charge in [-0.1, -0.05) is 0 Å². The van der Waals surface area contributed by atoms with Crippen LogP contribution >= 0.6 is 0 Å². The number of fused-ring (bicyclic) bond motifs is 2. The van der Waals surface area contributed by atoms with Gasteiger partial charge < -0.3 is 15.6 Å². The normalized spacial score (nSPS) is 10.5. The fourth-order valence-electron chi connectivity index (χ4n) is 2.67. The Bertz CT molecular complexity index is 1140. The summed E-state index contributed by atoms with van der Waals surface area (Å²) in [5.41, 5.74) is 3.33. The molecule has 4 aromatic rings. The quantitative estimate of drug-likeness (QED) is 0.504. The first-order valence-corrected chi connectivity index (χ1v) is 7.59. The molecule has 120 valence electrons. The second kappa shape index (κ2) is 5.98. The molecule has 0 saturated heterocycles. The molecular weight excluding hydrogens is 314 g/mol. The van der Waals surface area contributed by atoms with Gasteiger partial charge in [0.2, 0.25) is 0 Å². The lowest BCUT2D eigenvalue weighted by atomic mass is 10.2. The highest BCUT2D eigenvalue weighted by atomic mass is 16.1. The van der Waals surface area contributed by atoms with Crippen molar-refractivity contribution < 1.29 is 4.79 Å². The standard InChI is InChI=1S/C19H13N5O/c1-2-18(25)23-14-4-6-17-15(10-14)19(22-11-21-17)24-13-3-5-16-12(9-13)7-8-20-16/h1,3-11,20H,(H,23,25)(H,21,22,24). The maximum absolute atomic E-state index is 11.4. The van der Waals surface area contributed by atoms with Crippen LogP contribution in [0.5, 0.6) is 0 Å². The molecule has 25 heavy (non-hydrogen) atoms. The van der Waals surface area contributed by atoms with Crippen molar-refractivity contribution in [2.75, 3.05) is 10.6 Å². The van der Waals surface area contributed by atoms with Gasteiger partial charge in [-0.25, -0.2) is 9.97 Å². The molecule has 0 unspecified atom stereocenters. The molecule has 0 fully saturated rings. The van der Waals surface area contributed by atoms with E-state index in [9.17, 15) is 4.79 Å². The number of aromatic nitrogens is 3. The lowest BCUT2D eigenvalue weighted by molar-refractivity contribution is -0.111. The number of nitrogens with one attached hydrogen (secondary N) is 3. The molecule has 6 nitrogen and oxygen atoms in total. The van der Waals surface area contributed by atoms with Crippen LogP contribution in [0.15, 0.2) is 55.0 Å². The van der Waals surface area contributed by atoms with Crippen LogP contribution in [0.4, 0.5) is 17.2 Å². The maximum atomic E-state index is 11.4. The Balaban J connectivity index is 1.73. The van der Waals surface area contributed by atoms with Crippen LogP contribution in [0.1, 0.15) is 0 Å². The third-order valence-corrected chi connectivity index (χ3v) is 3.84. The van der Waals surface area contributed by atoms with E-state index in [0.29, 0.717) is 11.5 Å². The highest BCUT2D eigenvalue weighted by molar-refractivity contribution is 6.05. The lowest BCUT2D eigenvalue weighted by Crippen LogP contribution is -2.08. The van der Waals surface area contributed by atoms with Crippen molar-refractivity contribution in [2.24, 2.45) is 0 Å². The van der Waals surface area contributed by atoms with Gasteiger partial charge in [-0.3, -0.25) is 4.79 Å².